The fourth-order valence-corrected chi connectivity index (χ4v) is 1.65. The van der Waals surface area contributed by atoms with Crippen LogP contribution in [0, 0.1) is 0 Å². The standard InChI is InChI=1S/C11H10BrF3O2/c12-8-3-1-7(2-4-8)10(11(13,14)15)17-6-9-5-16-9/h1-4,9-10H,5-6H2/t9-,10+/m1/s1. The quantitative estimate of drug-likeness (QED) is 0.794. The molecule has 1 aliphatic rings. The molecule has 0 spiro atoms. The smallest absolute Gasteiger partial charge is 0.371 e. The largest absolute Gasteiger partial charge is 0.418 e. The van der Waals surface area contributed by atoms with Crippen molar-refractivity contribution in [3.8, 4) is 0 Å². The van der Waals surface area contributed by atoms with Gasteiger partial charge in [-0.15, -0.1) is 0 Å². The van der Waals surface area contributed by atoms with Crippen molar-refractivity contribution in [2.24, 2.45) is 0 Å². The highest BCUT2D eigenvalue weighted by atomic mass is 79.9. The Kier molecular flexibility index (Phi) is 3.75. The Morgan fingerprint density at radius 1 is 1.35 bits per heavy atom. The second-order valence-electron chi connectivity index (χ2n) is 3.76. The molecule has 0 aromatic heterocycles. The normalized spacial score (nSPS) is 21.3. The van der Waals surface area contributed by atoms with Gasteiger partial charge >= 0.3 is 6.18 Å². The molecule has 0 unspecified atom stereocenters. The van der Waals surface area contributed by atoms with Gasteiger partial charge in [-0.25, -0.2) is 0 Å². The van der Waals surface area contributed by atoms with E-state index in [-0.39, 0.29) is 18.3 Å². The van der Waals surface area contributed by atoms with E-state index in [1.165, 1.54) is 12.1 Å². The molecule has 0 radical (unpaired) electrons. The summed E-state index contributed by atoms with van der Waals surface area (Å²) >= 11 is 3.18. The molecule has 2 nitrogen and oxygen atoms in total. The molecule has 1 fully saturated rings. The van der Waals surface area contributed by atoms with E-state index in [4.69, 9.17) is 9.47 Å². The Bertz CT molecular complexity index is 373. The summed E-state index contributed by atoms with van der Waals surface area (Å²) in [6.07, 6.45) is -6.49. The van der Waals surface area contributed by atoms with Gasteiger partial charge in [-0.05, 0) is 17.7 Å². The van der Waals surface area contributed by atoms with Crippen molar-refractivity contribution in [1.29, 1.82) is 0 Å². The number of epoxide rings is 1. The summed E-state index contributed by atoms with van der Waals surface area (Å²) in [5.41, 5.74) is 0.0985. The minimum Gasteiger partial charge on any atom is -0.371 e. The fourth-order valence-electron chi connectivity index (χ4n) is 1.39. The van der Waals surface area contributed by atoms with E-state index in [0.717, 1.165) is 4.47 Å². The maximum Gasteiger partial charge on any atom is 0.418 e. The highest BCUT2D eigenvalue weighted by Crippen LogP contribution is 2.36. The number of alkyl halides is 3. The van der Waals surface area contributed by atoms with Crippen LogP contribution in [0.2, 0.25) is 0 Å². The molecule has 2 atom stereocenters. The highest BCUT2D eigenvalue weighted by Gasteiger charge is 2.42. The maximum atomic E-state index is 12.8. The van der Waals surface area contributed by atoms with Gasteiger partial charge in [-0.3, -0.25) is 0 Å². The van der Waals surface area contributed by atoms with E-state index < -0.39 is 12.3 Å². The molecule has 1 heterocycles. The molecule has 1 aliphatic heterocycles. The molecule has 0 saturated carbocycles. The van der Waals surface area contributed by atoms with Crippen LogP contribution in [0.15, 0.2) is 28.7 Å². The van der Waals surface area contributed by atoms with E-state index in [9.17, 15) is 13.2 Å². The Morgan fingerprint density at radius 3 is 2.41 bits per heavy atom. The summed E-state index contributed by atoms with van der Waals surface area (Å²) in [5, 5.41) is 0. The predicted molar refractivity (Wildman–Crippen MR) is 58.6 cm³/mol. The van der Waals surface area contributed by atoms with Crippen molar-refractivity contribution in [2.75, 3.05) is 13.2 Å². The van der Waals surface area contributed by atoms with Gasteiger partial charge in [0.25, 0.3) is 0 Å². The number of rotatable bonds is 4. The minimum atomic E-state index is -4.41. The van der Waals surface area contributed by atoms with Gasteiger partial charge in [0.15, 0.2) is 6.10 Å². The van der Waals surface area contributed by atoms with Crippen LogP contribution in [0.5, 0.6) is 0 Å². The molecule has 94 valence electrons. The van der Waals surface area contributed by atoms with Crippen molar-refractivity contribution in [1.82, 2.24) is 0 Å². The second-order valence-corrected chi connectivity index (χ2v) is 4.68. The average molecular weight is 311 g/mol. The Morgan fingerprint density at radius 2 is 1.94 bits per heavy atom. The van der Waals surface area contributed by atoms with Crippen LogP contribution in [-0.4, -0.2) is 25.5 Å². The first kappa shape index (κ1) is 12.9. The lowest BCUT2D eigenvalue weighted by Gasteiger charge is -2.20. The van der Waals surface area contributed by atoms with Crippen LogP contribution < -0.4 is 0 Å². The van der Waals surface area contributed by atoms with Gasteiger partial charge in [-0.2, -0.15) is 13.2 Å². The summed E-state index contributed by atoms with van der Waals surface area (Å²) in [6, 6.07) is 5.92. The molecule has 17 heavy (non-hydrogen) atoms. The Labute approximate surface area is 105 Å². The first-order chi connectivity index (χ1) is 7.97. The first-order valence-corrected chi connectivity index (χ1v) is 5.81. The summed E-state index contributed by atoms with van der Waals surface area (Å²) in [6.45, 7) is 0.450. The molecular weight excluding hydrogens is 301 g/mol. The molecule has 0 N–H and O–H groups in total. The monoisotopic (exact) mass is 310 g/mol. The number of hydrogen-bond acceptors (Lipinski definition) is 2. The van der Waals surface area contributed by atoms with E-state index in [2.05, 4.69) is 15.9 Å². The molecular formula is C11H10BrF3O2. The molecule has 6 heteroatoms. The van der Waals surface area contributed by atoms with Crippen LogP contribution in [0.3, 0.4) is 0 Å². The van der Waals surface area contributed by atoms with Gasteiger partial charge in [-0.1, -0.05) is 28.1 Å². The van der Waals surface area contributed by atoms with Gasteiger partial charge in [0.1, 0.15) is 6.10 Å². The summed E-state index contributed by atoms with van der Waals surface area (Å²) in [4.78, 5) is 0. The van der Waals surface area contributed by atoms with Crippen LogP contribution in [-0.2, 0) is 9.47 Å². The van der Waals surface area contributed by atoms with E-state index >= 15 is 0 Å². The van der Waals surface area contributed by atoms with Crippen LogP contribution in [0.1, 0.15) is 11.7 Å². The second kappa shape index (κ2) is 4.96. The minimum absolute atomic E-state index is 0.0275. The van der Waals surface area contributed by atoms with Gasteiger partial charge < -0.3 is 9.47 Å². The molecule has 0 amide bonds. The Hall–Kier alpha value is -0.590. The van der Waals surface area contributed by atoms with E-state index in [0.29, 0.717) is 6.61 Å². The molecule has 1 aromatic carbocycles. The van der Waals surface area contributed by atoms with Crippen molar-refractivity contribution in [3.05, 3.63) is 34.3 Å². The van der Waals surface area contributed by atoms with Gasteiger partial charge in [0.05, 0.1) is 13.2 Å². The third-order valence-electron chi connectivity index (χ3n) is 2.32. The number of halogens is 4. The zero-order valence-electron chi connectivity index (χ0n) is 8.71. The molecule has 0 bridgehead atoms. The molecule has 2 rings (SSSR count). The van der Waals surface area contributed by atoms with Crippen LogP contribution in [0.25, 0.3) is 0 Å². The molecule has 0 aliphatic carbocycles. The zero-order valence-corrected chi connectivity index (χ0v) is 10.3. The summed E-state index contributed by atoms with van der Waals surface area (Å²) in [5.74, 6) is 0. The molecule has 1 aromatic rings. The lowest BCUT2D eigenvalue weighted by Crippen LogP contribution is -2.25. The summed E-state index contributed by atoms with van der Waals surface area (Å²) in [7, 11) is 0. The van der Waals surface area contributed by atoms with Crippen LogP contribution >= 0.6 is 15.9 Å². The SMILES string of the molecule is FC(F)(F)[C@@H](OC[C@H]1CO1)c1ccc(Br)cc1. The first-order valence-electron chi connectivity index (χ1n) is 5.02. The number of hydrogen-bond donors (Lipinski definition) is 0. The van der Waals surface area contributed by atoms with Gasteiger partial charge in [0, 0.05) is 4.47 Å². The Balaban J connectivity index is 2.10. The van der Waals surface area contributed by atoms with Crippen molar-refractivity contribution < 1.29 is 22.6 Å². The highest BCUT2D eigenvalue weighted by molar-refractivity contribution is 9.10. The zero-order chi connectivity index (χ0) is 12.5. The lowest BCUT2D eigenvalue weighted by molar-refractivity contribution is -0.224. The van der Waals surface area contributed by atoms with E-state index in [1.54, 1.807) is 12.1 Å². The molecule has 1 saturated heterocycles. The topological polar surface area (TPSA) is 21.8 Å². The third-order valence-corrected chi connectivity index (χ3v) is 2.85. The predicted octanol–water partition coefficient (Wildman–Crippen LogP) is 3.47. The average Bonchev–Trinajstić information content (AvgIpc) is 3.03. The van der Waals surface area contributed by atoms with E-state index in [1.807, 2.05) is 0 Å². The van der Waals surface area contributed by atoms with Gasteiger partial charge in [0.2, 0.25) is 0 Å². The van der Waals surface area contributed by atoms with Crippen LogP contribution in [0.4, 0.5) is 13.2 Å². The lowest BCUT2D eigenvalue weighted by atomic mass is 10.1. The fraction of sp³-hybridized carbons (Fsp3) is 0.455. The van der Waals surface area contributed by atoms with Crippen molar-refractivity contribution in [3.63, 3.8) is 0 Å². The van der Waals surface area contributed by atoms with Crippen molar-refractivity contribution in [2.45, 2.75) is 18.4 Å². The summed E-state index contributed by atoms with van der Waals surface area (Å²) < 4.78 is 48.8. The number of ether oxygens (including phenoxy) is 2. The number of benzene rings is 1. The van der Waals surface area contributed by atoms with Crippen molar-refractivity contribution >= 4 is 15.9 Å². The maximum absolute atomic E-state index is 12.8. The third kappa shape index (κ3) is 3.69.